The quantitative estimate of drug-likeness (QED) is 0.427. The molecule has 0 fully saturated rings. The Morgan fingerprint density at radius 1 is 1.16 bits per heavy atom. The van der Waals surface area contributed by atoms with Crippen molar-refractivity contribution in [2.24, 2.45) is 0 Å². The fourth-order valence-electron chi connectivity index (χ4n) is 3.10. The summed E-state index contributed by atoms with van der Waals surface area (Å²) in [4.78, 5) is 24.4. The Labute approximate surface area is 192 Å². The van der Waals surface area contributed by atoms with Crippen molar-refractivity contribution >= 4 is 51.7 Å². The molecule has 2 aromatic heterocycles. The maximum atomic E-state index is 12.6. The topological polar surface area (TPSA) is 97.7 Å². The third kappa shape index (κ3) is 4.46. The van der Waals surface area contributed by atoms with E-state index in [4.69, 9.17) is 39.5 Å². The summed E-state index contributed by atoms with van der Waals surface area (Å²) >= 11 is 18.8. The summed E-state index contributed by atoms with van der Waals surface area (Å²) in [6.45, 7) is 2.11. The number of carbonyl (C=O) groups is 1. The largest absolute Gasteiger partial charge is 0.495 e. The number of aromatic amines is 1. The summed E-state index contributed by atoms with van der Waals surface area (Å²) < 4.78 is 6.75. The number of hydrogen-bond donors (Lipinski definition) is 2. The van der Waals surface area contributed by atoms with Gasteiger partial charge < -0.3 is 15.0 Å². The van der Waals surface area contributed by atoms with Gasteiger partial charge in [-0.1, -0.05) is 34.8 Å². The molecule has 0 saturated heterocycles. The number of halogens is 3. The molecule has 11 heteroatoms. The molecule has 2 N–H and O–H groups in total. The average Bonchev–Trinajstić information content (AvgIpc) is 3.32. The van der Waals surface area contributed by atoms with Crippen LogP contribution >= 0.6 is 34.8 Å². The zero-order valence-electron chi connectivity index (χ0n) is 16.5. The van der Waals surface area contributed by atoms with E-state index in [0.717, 1.165) is 11.0 Å². The van der Waals surface area contributed by atoms with Crippen LogP contribution in [0.4, 0.5) is 0 Å². The second-order valence-corrected chi connectivity index (χ2v) is 7.94. The first kappa shape index (κ1) is 21.4. The molecule has 0 unspecified atom stereocenters. The molecular weight excluding hydrogens is 463 g/mol. The molecule has 0 spiro atoms. The summed E-state index contributed by atoms with van der Waals surface area (Å²) in [7, 11) is 1.55. The van der Waals surface area contributed by atoms with E-state index in [2.05, 4.69) is 25.4 Å². The SMILES string of the molecule is COc1cc2nc(CCNC(=O)c3c(Cl)cc(-n4cnc(C)n4)cc3Cl)[nH]c2cc1Cl. The Kier molecular flexibility index (Phi) is 6.04. The van der Waals surface area contributed by atoms with Crippen LogP contribution in [0.2, 0.25) is 15.1 Å². The van der Waals surface area contributed by atoms with Gasteiger partial charge in [0.15, 0.2) is 0 Å². The highest BCUT2D eigenvalue weighted by atomic mass is 35.5. The van der Waals surface area contributed by atoms with Crippen LogP contribution in [0.5, 0.6) is 5.75 Å². The van der Waals surface area contributed by atoms with Crippen molar-refractivity contribution in [3.8, 4) is 11.4 Å². The van der Waals surface area contributed by atoms with Gasteiger partial charge in [-0.05, 0) is 25.1 Å². The van der Waals surface area contributed by atoms with Crippen molar-refractivity contribution in [3.05, 3.63) is 62.9 Å². The van der Waals surface area contributed by atoms with Gasteiger partial charge in [-0.2, -0.15) is 5.10 Å². The molecule has 0 saturated carbocycles. The Morgan fingerprint density at radius 3 is 2.55 bits per heavy atom. The maximum Gasteiger partial charge on any atom is 0.254 e. The smallest absolute Gasteiger partial charge is 0.254 e. The molecule has 8 nitrogen and oxygen atoms in total. The van der Waals surface area contributed by atoms with Crippen LogP contribution in [0.15, 0.2) is 30.6 Å². The van der Waals surface area contributed by atoms with E-state index in [9.17, 15) is 4.79 Å². The van der Waals surface area contributed by atoms with Crippen molar-refractivity contribution in [2.75, 3.05) is 13.7 Å². The number of nitrogens with zero attached hydrogens (tertiary/aromatic N) is 4. The van der Waals surface area contributed by atoms with Crippen LogP contribution in [-0.2, 0) is 6.42 Å². The number of rotatable bonds is 6. The van der Waals surface area contributed by atoms with Gasteiger partial charge in [-0.3, -0.25) is 4.79 Å². The number of amides is 1. The van der Waals surface area contributed by atoms with Crippen LogP contribution in [-0.4, -0.2) is 44.3 Å². The van der Waals surface area contributed by atoms with Gasteiger partial charge in [0.2, 0.25) is 0 Å². The molecule has 0 aliphatic heterocycles. The minimum Gasteiger partial charge on any atom is -0.495 e. The van der Waals surface area contributed by atoms with Crippen molar-refractivity contribution < 1.29 is 9.53 Å². The molecule has 0 aliphatic rings. The lowest BCUT2D eigenvalue weighted by molar-refractivity contribution is 0.0954. The van der Waals surface area contributed by atoms with Gasteiger partial charge in [0, 0.05) is 19.0 Å². The lowest BCUT2D eigenvalue weighted by Crippen LogP contribution is -2.26. The standard InChI is InChI=1S/C20H17Cl3N6O2/c1-10-25-9-29(28-10)11-5-13(22)19(14(23)6-11)20(30)24-4-3-18-26-15-7-12(21)17(31-2)8-16(15)27-18/h5-9H,3-4H2,1-2H3,(H,24,30)(H,26,27). The Hall–Kier alpha value is -2.81. The summed E-state index contributed by atoms with van der Waals surface area (Å²) in [6.07, 6.45) is 2.03. The molecule has 2 heterocycles. The summed E-state index contributed by atoms with van der Waals surface area (Å²) in [5.41, 5.74) is 2.33. The summed E-state index contributed by atoms with van der Waals surface area (Å²) in [5, 5.41) is 7.97. The summed E-state index contributed by atoms with van der Waals surface area (Å²) in [6, 6.07) is 6.75. The highest BCUT2D eigenvalue weighted by molar-refractivity contribution is 6.40. The van der Waals surface area contributed by atoms with Gasteiger partial charge in [0.25, 0.3) is 5.91 Å². The number of nitrogens with one attached hydrogen (secondary N) is 2. The Balaban J connectivity index is 1.45. The molecule has 4 aromatic rings. The molecule has 1 amide bonds. The first-order valence-electron chi connectivity index (χ1n) is 9.23. The van der Waals surface area contributed by atoms with E-state index < -0.39 is 0 Å². The monoisotopic (exact) mass is 478 g/mol. The fourth-order valence-corrected chi connectivity index (χ4v) is 3.99. The number of aromatic nitrogens is 5. The average molecular weight is 480 g/mol. The number of methoxy groups -OCH3 is 1. The Morgan fingerprint density at radius 2 is 1.90 bits per heavy atom. The van der Waals surface area contributed by atoms with Crippen molar-refractivity contribution in [2.45, 2.75) is 13.3 Å². The number of ether oxygens (including phenoxy) is 1. The number of fused-ring (bicyclic) bond motifs is 1. The highest BCUT2D eigenvalue weighted by Crippen LogP contribution is 2.29. The van der Waals surface area contributed by atoms with Crippen LogP contribution < -0.4 is 10.1 Å². The first-order valence-corrected chi connectivity index (χ1v) is 10.4. The van der Waals surface area contributed by atoms with Gasteiger partial charge in [-0.15, -0.1) is 0 Å². The number of imidazole rings is 1. The van der Waals surface area contributed by atoms with Gasteiger partial charge >= 0.3 is 0 Å². The van der Waals surface area contributed by atoms with Crippen LogP contribution in [0, 0.1) is 6.92 Å². The van der Waals surface area contributed by atoms with E-state index in [1.54, 1.807) is 44.6 Å². The molecule has 0 bridgehead atoms. The molecule has 160 valence electrons. The molecule has 2 aromatic carbocycles. The number of benzene rings is 2. The van der Waals surface area contributed by atoms with Crippen molar-refractivity contribution in [1.82, 2.24) is 30.0 Å². The molecule has 0 radical (unpaired) electrons. The van der Waals surface area contributed by atoms with E-state index in [0.29, 0.717) is 41.1 Å². The predicted molar refractivity (Wildman–Crippen MR) is 120 cm³/mol. The minimum atomic E-state index is -0.378. The third-order valence-corrected chi connectivity index (χ3v) is 5.47. The normalized spacial score (nSPS) is 11.1. The number of carbonyl (C=O) groups excluding carboxylic acids is 1. The highest BCUT2D eigenvalue weighted by Gasteiger charge is 2.17. The second kappa shape index (κ2) is 8.74. The number of aryl methyl sites for hydroxylation is 1. The molecule has 4 rings (SSSR count). The van der Waals surface area contributed by atoms with E-state index in [1.165, 1.54) is 4.68 Å². The van der Waals surface area contributed by atoms with Gasteiger partial charge in [0.1, 0.15) is 23.7 Å². The predicted octanol–water partition coefficient (Wildman–Crippen LogP) is 4.39. The van der Waals surface area contributed by atoms with Gasteiger partial charge in [0.05, 0.1) is 44.5 Å². The van der Waals surface area contributed by atoms with Crippen LogP contribution in [0.25, 0.3) is 16.7 Å². The first-order chi connectivity index (χ1) is 14.9. The van der Waals surface area contributed by atoms with Crippen LogP contribution in [0.3, 0.4) is 0 Å². The number of H-pyrrole nitrogens is 1. The summed E-state index contributed by atoms with van der Waals surface area (Å²) in [5.74, 6) is 1.49. The maximum absolute atomic E-state index is 12.6. The fraction of sp³-hybridized carbons (Fsp3) is 0.200. The van der Waals surface area contributed by atoms with Crippen molar-refractivity contribution in [3.63, 3.8) is 0 Å². The van der Waals surface area contributed by atoms with Crippen molar-refractivity contribution in [1.29, 1.82) is 0 Å². The molecular formula is C20H17Cl3N6O2. The lowest BCUT2D eigenvalue weighted by atomic mass is 10.2. The molecule has 0 atom stereocenters. The van der Waals surface area contributed by atoms with E-state index in [1.807, 2.05) is 0 Å². The van der Waals surface area contributed by atoms with Gasteiger partial charge in [-0.25, -0.2) is 14.6 Å². The lowest BCUT2D eigenvalue weighted by Gasteiger charge is -2.10. The third-order valence-electron chi connectivity index (χ3n) is 4.58. The zero-order valence-corrected chi connectivity index (χ0v) is 18.8. The molecule has 0 aliphatic carbocycles. The van der Waals surface area contributed by atoms with E-state index >= 15 is 0 Å². The minimum absolute atomic E-state index is 0.199. The second-order valence-electron chi connectivity index (χ2n) is 6.71. The zero-order chi connectivity index (χ0) is 22.1. The van der Waals surface area contributed by atoms with E-state index in [-0.39, 0.29) is 21.5 Å². The number of hydrogen-bond acceptors (Lipinski definition) is 5. The molecule has 31 heavy (non-hydrogen) atoms. The Bertz CT molecular complexity index is 1260. The van der Waals surface area contributed by atoms with Crippen LogP contribution in [0.1, 0.15) is 22.0 Å².